The highest BCUT2D eigenvalue weighted by Gasteiger charge is 2.39. The zero-order valence-electron chi connectivity index (χ0n) is 14.5. The van der Waals surface area contributed by atoms with Gasteiger partial charge in [-0.1, -0.05) is 36.4 Å². The van der Waals surface area contributed by atoms with Crippen LogP contribution in [0, 0.1) is 6.92 Å². The number of nitrogens with zero attached hydrogens (tertiary/aromatic N) is 2. The van der Waals surface area contributed by atoms with Gasteiger partial charge in [-0.25, -0.2) is 0 Å². The Balaban J connectivity index is 1.73. The van der Waals surface area contributed by atoms with Crippen LogP contribution in [0.1, 0.15) is 22.9 Å². The predicted molar refractivity (Wildman–Crippen MR) is 101 cm³/mol. The summed E-state index contributed by atoms with van der Waals surface area (Å²) in [6.07, 6.45) is 0. The molecule has 27 heavy (non-hydrogen) atoms. The van der Waals surface area contributed by atoms with E-state index < -0.39 is 16.0 Å². The highest BCUT2D eigenvalue weighted by molar-refractivity contribution is 7.87. The van der Waals surface area contributed by atoms with Crippen molar-refractivity contribution in [1.82, 2.24) is 9.78 Å². The molecule has 4 aromatic rings. The molecule has 0 aliphatic carbocycles. The summed E-state index contributed by atoms with van der Waals surface area (Å²) in [5.74, 6) is 0.181. The van der Waals surface area contributed by atoms with Crippen LogP contribution in [0.25, 0.3) is 16.7 Å². The molecule has 0 bridgehead atoms. The summed E-state index contributed by atoms with van der Waals surface area (Å²) in [6, 6.07) is 18.9. The highest BCUT2D eigenvalue weighted by Crippen LogP contribution is 2.42. The van der Waals surface area contributed by atoms with Gasteiger partial charge in [0, 0.05) is 5.39 Å². The van der Waals surface area contributed by atoms with E-state index in [1.54, 1.807) is 0 Å². The number of aromatic nitrogens is 2. The van der Waals surface area contributed by atoms with Gasteiger partial charge in [0.2, 0.25) is 5.88 Å². The zero-order valence-corrected chi connectivity index (χ0v) is 15.3. The molecule has 2 aromatic carbocycles. The maximum absolute atomic E-state index is 12.5. The monoisotopic (exact) mass is 380 g/mol. The van der Waals surface area contributed by atoms with Gasteiger partial charge >= 0.3 is 10.1 Å². The van der Waals surface area contributed by atoms with Gasteiger partial charge in [0.15, 0.2) is 0 Å². The fourth-order valence-electron chi connectivity index (χ4n) is 3.58. The molecule has 1 unspecified atom stereocenters. The van der Waals surface area contributed by atoms with Crippen molar-refractivity contribution in [3.05, 3.63) is 77.7 Å². The van der Waals surface area contributed by atoms with Crippen molar-refractivity contribution in [2.24, 2.45) is 0 Å². The minimum absolute atomic E-state index is 0.179. The van der Waals surface area contributed by atoms with Crippen molar-refractivity contribution >= 4 is 21.1 Å². The molecular formula is C20H16N2O4S. The molecule has 0 saturated heterocycles. The van der Waals surface area contributed by atoms with Gasteiger partial charge in [0.05, 0.1) is 22.9 Å². The first kappa shape index (κ1) is 16.1. The molecule has 136 valence electrons. The largest absolute Gasteiger partial charge is 0.460 e. The molecule has 0 N–H and O–H groups in total. The predicted octanol–water partition coefficient (Wildman–Crippen LogP) is 3.78. The lowest BCUT2D eigenvalue weighted by Gasteiger charge is -2.22. The van der Waals surface area contributed by atoms with Crippen molar-refractivity contribution in [2.45, 2.75) is 12.8 Å². The fourth-order valence-corrected chi connectivity index (χ4v) is 4.79. The van der Waals surface area contributed by atoms with Crippen LogP contribution in [-0.4, -0.2) is 24.0 Å². The van der Waals surface area contributed by atoms with Crippen LogP contribution in [0.4, 0.5) is 0 Å². The Labute approximate surface area is 156 Å². The van der Waals surface area contributed by atoms with E-state index in [-0.39, 0.29) is 11.6 Å². The third-order valence-corrected chi connectivity index (χ3v) is 5.93. The van der Waals surface area contributed by atoms with Crippen LogP contribution < -0.4 is 4.18 Å². The van der Waals surface area contributed by atoms with E-state index in [1.165, 1.54) is 4.68 Å². The van der Waals surface area contributed by atoms with Crippen molar-refractivity contribution < 1.29 is 17.0 Å². The molecule has 5 rings (SSSR count). The minimum Gasteiger partial charge on any atom is -0.460 e. The van der Waals surface area contributed by atoms with Crippen molar-refractivity contribution in [2.75, 3.05) is 5.75 Å². The Hall–Kier alpha value is -3.06. The number of hydrogen-bond acceptors (Lipinski definition) is 5. The van der Waals surface area contributed by atoms with Gasteiger partial charge in [0.25, 0.3) is 0 Å². The molecule has 2 aromatic heterocycles. The second-order valence-electron chi connectivity index (χ2n) is 6.60. The minimum atomic E-state index is -3.77. The Morgan fingerprint density at radius 2 is 1.81 bits per heavy atom. The molecule has 1 atom stereocenters. The van der Waals surface area contributed by atoms with Crippen LogP contribution >= 0.6 is 0 Å². The average molecular weight is 380 g/mol. The van der Waals surface area contributed by atoms with Crippen molar-refractivity contribution in [1.29, 1.82) is 0 Å². The summed E-state index contributed by atoms with van der Waals surface area (Å²) in [5.41, 5.74) is 2.93. The molecular weight excluding hydrogens is 364 g/mol. The Bertz CT molecular complexity index is 1220. The third-order valence-electron chi connectivity index (χ3n) is 4.78. The van der Waals surface area contributed by atoms with Crippen LogP contribution in [0.2, 0.25) is 0 Å². The van der Waals surface area contributed by atoms with E-state index in [1.807, 2.05) is 67.6 Å². The number of benzene rings is 2. The average Bonchev–Trinajstić information content (AvgIpc) is 3.22. The van der Waals surface area contributed by atoms with Crippen LogP contribution in [-0.2, 0) is 10.1 Å². The van der Waals surface area contributed by atoms with E-state index in [2.05, 4.69) is 5.10 Å². The number of fused-ring (bicyclic) bond motifs is 2. The van der Waals surface area contributed by atoms with Gasteiger partial charge in [-0.3, -0.25) is 0 Å². The first-order chi connectivity index (χ1) is 13.0. The van der Waals surface area contributed by atoms with Gasteiger partial charge in [0.1, 0.15) is 17.1 Å². The summed E-state index contributed by atoms with van der Waals surface area (Å²) in [4.78, 5) is 0. The maximum Gasteiger partial charge on any atom is 0.311 e. The van der Waals surface area contributed by atoms with Crippen molar-refractivity contribution in [3.63, 3.8) is 0 Å². The molecule has 0 spiro atoms. The molecule has 0 saturated carbocycles. The summed E-state index contributed by atoms with van der Waals surface area (Å²) in [7, 11) is -3.77. The summed E-state index contributed by atoms with van der Waals surface area (Å²) in [6.45, 7) is 1.86. The lowest BCUT2D eigenvalue weighted by atomic mass is 9.98. The van der Waals surface area contributed by atoms with Gasteiger partial charge in [-0.05, 0) is 31.2 Å². The molecule has 7 heteroatoms. The molecule has 3 heterocycles. The molecule has 0 fully saturated rings. The normalized spacial score (nSPS) is 18.2. The molecule has 0 radical (unpaired) electrons. The first-order valence-corrected chi connectivity index (χ1v) is 10.2. The van der Waals surface area contributed by atoms with Gasteiger partial charge in [-0.15, -0.1) is 0 Å². The molecule has 0 amide bonds. The Kier molecular flexibility index (Phi) is 3.42. The highest BCUT2D eigenvalue weighted by atomic mass is 32.2. The number of para-hydroxylation sites is 2. The second-order valence-corrected chi connectivity index (χ2v) is 8.21. The smallest absolute Gasteiger partial charge is 0.311 e. The summed E-state index contributed by atoms with van der Waals surface area (Å²) >= 11 is 0. The van der Waals surface area contributed by atoms with Crippen LogP contribution in [0.3, 0.4) is 0 Å². The standard InChI is InChI=1S/C20H16N2O4S/c1-13-19-16(18-11-14-7-5-6-10-17(14)25-18)12-27(23,24)26-20(19)22(21-13)15-8-3-2-4-9-15/h2-11,16H,12H2,1H3. The van der Waals surface area contributed by atoms with Crippen LogP contribution in [0.5, 0.6) is 5.88 Å². The van der Waals surface area contributed by atoms with Gasteiger partial charge < -0.3 is 8.60 Å². The number of rotatable bonds is 2. The second kappa shape index (κ2) is 5.72. The topological polar surface area (TPSA) is 74.3 Å². The van der Waals surface area contributed by atoms with Crippen LogP contribution in [0.15, 0.2) is 65.1 Å². The fraction of sp³-hybridized carbons (Fsp3) is 0.150. The summed E-state index contributed by atoms with van der Waals surface area (Å²) in [5, 5.41) is 5.48. The Morgan fingerprint density at radius 1 is 1.07 bits per heavy atom. The molecule has 6 nitrogen and oxygen atoms in total. The van der Waals surface area contributed by atoms with Gasteiger partial charge in [-0.2, -0.15) is 18.2 Å². The van der Waals surface area contributed by atoms with E-state index in [4.69, 9.17) is 8.60 Å². The number of aryl methyl sites for hydroxylation is 1. The van der Waals surface area contributed by atoms with Crippen molar-refractivity contribution in [3.8, 4) is 11.6 Å². The van der Waals surface area contributed by atoms with E-state index in [9.17, 15) is 8.42 Å². The SMILES string of the molecule is Cc1nn(-c2ccccc2)c2c1C(c1cc3ccccc3o1)CS(=O)(=O)O2. The zero-order chi connectivity index (χ0) is 18.6. The van der Waals surface area contributed by atoms with E-state index in [0.29, 0.717) is 11.5 Å². The maximum atomic E-state index is 12.5. The van der Waals surface area contributed by atoms with E-state index >= 15 is 0 Å². The quantitative estimate of drug-likeness (QED) is 0.495. The Morgan fingerprint density at radius 3 is 2.59 bits per heavy atom. The lowest BCUT2D eigenvalue weighted by Crippen LogP contribution is -2.27. The number of hydrogen-bond donors (Lipinski definition) is 0. The number of furan rings is 1. The third kappa shape index (κ3) is 2.62. The van der Waals surface area contributed by atoms with E-state index in [0.717, 1.165) is 22.2 Å². The summed E-state index contributed by atoms with van der Waals surface area (Å²) < 4.78 is 37.9. The molecule has 1 aliphatic rings. The first-order valence-electron chi connectivity index (χ1n) is 8.57. The lowest BCUT2D eigenvalue weighted by molar-refractivity contribution is 0.434. The molecule has 1 aliphatic heterocycles.